The molecule has 0 amide bonds. The summed E-state index contributed by atoms with van der Waals surface area (Å²) in [6.45, 7) is 0. The fourth-order valence-electron chi connectivity index (χ4n) is 1.49. The van der Waals surface area contributed by atoms with Gasteiger partial charge in [0.1, 0.15) is 0 Å². The largest absolute Gasteiger partial charge is 0.504 e. The molecule has 0 aliphatic carbocycles. The van der Waals surface area contributed by atoms with Gasteiger partial charge in [-0.15, -0.1) is 0 Å². The van der Waals surface area contributed by atoms with Crippen LogP contribution in [0.25, 0.3) is 12.2 Å². The fourth-order valence-corrected chi connectivity index (χ4v) is 1.49. The second kappa shape index (κ2) is 5.16. The minimum atomic E-state index is 0.141. The van der Waals surface area contributed by atoms with Gasteiger partial charge in [0.05, 0.1) is 12.8 Å². The Labute approximate surface area is 100 Å². The lowest BCUT2D eigenvalue weighted by Gasteiger charge is -2.04. The predicted octanol–water partition coefficient (Wildman–Crippen LogP) is 2.97. The highest BCUT2D eigenvalue weighted by Gasteiger charge is 2.03. The zero-order valence-corrected chi connectivity index (χ0v) is 9.50. The second-order valence-corrected chi connectivity index (χ2v) is 3.49. The molecule has 1 N–H and O–H groups in total. The van der Waals surface area contributed by atoms with Gasteiger partial charge in [0, 0.05) is 11.8 Å². The van der Waals surface area contributed by atoms with Crippen molar-refractivity contribution in [1.82, 2.24) is 4.98 Å². The zero-order valence-electron chi connectivity index (χ0n) is 9.50. The quantitative estimate of drug-likeness (QED) is 0.876. The van der Waals surface area contributed by atoms with Crippen LogP contribution in [0.15, 0.2) is 42.6 Å². The summed E-state index contributed by atoms with van der Waals surface area (Å²) in [5.41, 5.74) is 1.55. The first-order valence-corrected chi connectivity index (χ1v) is 5.26. The number of hydrogen-bond donors (Lipinski definition) is 1. The van der Waals surface area contributed by atoms with Gasteiger partial charge in [-0.05, 0) is 30.4 Å². The number of para-hydroxylation sites is 1. The van der Waals surface area contributed by atoms with Crippen molar-refractivity contribution in [1.29, 1.82) is 0 Å². The molecule has 0 unspecified atom stereocenters. The zero-order chi connectivity index (χ0) is 12.1. The highest BCUT2D eigenvalue weighted by Crippen LogP contribution is 2.30. The Morgan fingerprint density at radius 1 is 1.12 bits per heavy atom. The van der Waals surface area contributed by atoms with Crippen LogP contribution in [-0.2, 0) is 0 Å². The Balaban J connectivity index is 2.28. The molecule has 3 nitrogen and oxygen atoms in total. The van der Waals surface area contributed by atoms with E-state index >= 15 is 0 Å². The molecule has 1 aromatic heterocycles. The third-order valence-electron chi connectivity index (χ3n) is 2.37. The lowest BCUT2D eigenvalue weighted by molar-refractivity contribution is 0.373. The van der Waals surface area contributed by atoms with Crippen molar-refractivity contribution in [3.05, 3.63) is 53.9 Å². The van der Waals surface area contributed by atoms with Gasteiger partial charge in [0.2, 0.25) is 0 Å². The summed E-state index contributed by atoms with van der Waals surface area (Å²) in [7, 11) is 1.53. The van der Waals surface area contributed by atoms with E-state index in [-0.39, 0.29) is 5.75 Å². The Bertz CT molecular complexity index is 521. The number of hydrogen-bond acceptors (Lipinski definition) is 3. The molecule has 3 heteroatoms. The topological polar surface area (TPSA) is 42.4 Å². The van der Waals surface area contributed by atoms with Crippen LogP contribution >= 0.6 is 0 Å². The van der Waals surface area contributed by atoms with Gasteiger partial charge in [-0.25, -0.2) is 0 Å². The van der Waals surface area contributed by atoms with E-state index in [0.717, 1.165) is 5.69 Å². The number of rotatable bonds is 3. The molecule has 0 spiro atoms. The van der Waals surface area contributed by atoms with E-state index < -0.39 is 0 Å². The number of aromatic nitrogens is 1. The number of phenols is 1. The molecule has 0 aliphatic rings. The van der Waals surface area contributed by atoms with Crippen LogP contribution < -0.4 is 4.74 Å². The maximum Gasteiger partial charge on any atom is 0.165 e. The molecule has 17 heavy (non-hydrogen) atoms. The molecule has 0 saturated heterocycles. The predicted molar refractivity (Wildman–Crippen MR) is 67.8 cm³/mol. The van der Waals surface area contributed by atoms with Gasteiger partial charge < -0.3 is 9.84 Å². The minimum absolute atomic E-state index is 0.141. The van der Waals surface area contributed by atoms with Crippen LogP contribution in [0.3, 0.4) is 0 Å². The Morgan fingerprint density at radius 2 is 2.00 bits per heavy atom. The van der Waals surface area contributed by atoms with Crippen LogP contribution in [0.1, 0.15) is 11.3 Å². The summed E-state index contributed by atoms with van der Waals surface area (Å²) in [5, 5.41) is 9.87. The summed E-state index contributed by atoms with van der Waals surface area (Å²) in [5.74, 6) is 0.607. The first-order valence-electron chi connectivity index (χ1n) is 5.26. The van der Waals surface area contributed by atoms with Gasteiger partial charge in [0.25, 0.3) is 0 Å². The lowest BCUT2D eigenvalue weighted by Crippen LogP contribution is -1.85. The maximum absolute atomic E-state index is 9.87. The molecule has 0 bridgehead atoms. The lowest BCUT2D eigenvalue weighted by atomic mass is 10.1. The van der Waals surface area contributed by atoms with Gasteiger partial charge in [-0.1, -0.05) is 18.2 Å². The number of methoxy groups -OCH3 is 1. The van der Waals surface area contributed by atoms with Gasteiger partial charge in [0.15, 0.2) is 11.5 Å². The summed E-state index contributed by atoms with van der Waals surface area (Å²) in [4.78, 5) is 4.17. The summed E-state index contributed by atoms with van der Waals surface area (Å²) >= 11 is 0. The highest BCUT2D eigenvalue weighted by atomic mass is 16.5. The minimum Gasteiger partial charge on any atom is -0.504 e. The number of phenolic OH excluding ortho intramolecular Hbond substituents is 1. The number of ether oxygens (including phenoxy) is 1. The Morgan fingerprint density at radius 3 is 2.71 bits per heavy atom. The summed E-state index contributed by atoms with van der Waals surface area (Å²) < 4.78 is 5.04. The number of pyridine rings is 1. The Hall–Kier alpha value is -2.29. The van der Waals surface area contributed by atoms with Crippen molar-refractivity contribution < 1.29 is 9.84 Å². The average molecular weight is 227 g/mol. The van der Waals surface area contributed by atoms with E-state index in [2.05, 4.69) is 4.98 Å². The van der Waals surface area contributed by atoms with E-state index in [1.165, 1.54) is 7.11 Å². The van der Waals surface area contributed by atoms with Crippen LogP contribution in [0.2, 0.25) is 0 Å². The molecule has 0 fully saturated rings. The van der Waals surface area contributed by atoms with E-state index in [9.17, 15) is 5.11 Å². The Kier molecular flexibility index (Phi) is 3.40. The molecule has 0 atom stereocenters. The van der Waals surface area contributed by atoms with E-state index in [0.29, 0.717) is 11.3 Å². The van der Waals surface area contributed by atoms with E-state index in [4.69, 9.17) is 4.74 Å². The highest BCUT2D eigenvalue weighted by molar-refractivity contribution is 5.72. The number of benzene rings is 1. The smallest absolute Gasteiger partial charge is 0.165 e. The van der Waals surface area contributed by atoms with Crippen LogP contribution in [0.4, 0.5) is 0 Å². The van der Waals surface area contributed by atoms with Crippen molar-refractivity contribution >= 4 is 12.2 Å². The van der Waals surface area contributed by atoms with Crippen LogP contribution in [-0.4, -0.2) is 17.2 Å². The second-order valence-electron chi connectivity index (χ2n) is 3.49. The fraction of sp³-hybridized carbons (Fsp3) is 0.0714. The van der Waals surface area contributed by atoms with Crippen molar-refractivity contribution in [3.8, 4) is 11.5 Å². The summed E-state index contributed by atoms with van der Waals surface area (Å²) in [6, 6.07) is 11.0. The normalized spacial score (nSPS) is 10.6. The molecule has 0 radical (unpaired) electrons. The standard InChI is InChI=1S/C14H13NO2/c1-17-13-7-4-5-11(14(13)16)8-9-12-6-2-3-10-15-12/h2-10,16H,1H3/b9-8+. The molecule has 86 valence electrons. The molecule has 0 aliphatic heterocycles. The first kappa shape index (κ1) is 11.2. The van der Waals surface area contributed by atoms with E-state index in [1.807, 2.05) is 36.4 Å². The SMILES string of the molecule is COc1cccc(/C=C/c2ccccn2)c1O. The molecule has 1 heterocycles. The molecule has 2 aromatic rings. The summed E-state index contributed by atoms with van der Waals surface area (Å²) in [6.07, 6.45) is 5.37. The van der Waals surface area contributed by atoms with Crippen LogP contribution in [0, 0.1) is 0 Å². The van der Waals surface area contributed by atoms with Gasteiger partial charge in [-0.2, -0.15) is 0 Å². The maximum atomic E-state index is 9.87. The third-order valence-corrected chi connectivity index (χ3v) is 2.37. The molecule has 1 aromatic carbocycles. The molecular formula is C14H13NO2. The van der Waals surface area contributed by atoms with Crippen molar-refractivity contribution in [2.75, 3.05) is 7.11 Å². The van der Waals surface area contributed by atoms with Gasteiger partial charge in [-0.3, -0.25) is 4.98 Å². The van der Waals surface area contributed by atoms with Gasteiger partial charge >= 0.3 is 0 Å². The van der Waals surface area contributed by atoms with E-state index in [1.54, 1.807) is 18.3 Å². The van der Waals surface area contributed by atoms with Crippen molar-refractivity contribution in [3.63, 3.8) is 0 Å². The molecule has 0 saturated carbocycles. The average Bonchev–Trinajstić information content (AvgIpc) is 2.39. The van der Waals surface area contributed by atoms with Crippen molar-refractivity contribution in [2.24, 2.45) is 0 Å². The number of nitrogens with zero attached hydrogens (tertiary/aromatic N) is 1. The third kappa shape index (κ3) is 2.64. The monoisotopic (exact) mass is 227 g/mol. The first-order chi connectivity index (χ1) is 8.31. The van der Waals surface area contributed by atoms with Crippen molar-refractivity contribution in [2.45, 2.75) is 0 Å². The molecule has 2 rings (SSSR count). The van der Waals surface area contributed by atoms with Crippen LogP contribution in [0.5, 0.6) is 11.5 Å². The number of aromatic hydroxyl groups is 1. The molecular weight excluding hydrogens is 214 g/mol.